The van der Waals surface area contributed by atoms with Gasteiger partial charge in [0.15, 0.2) is 0 Å². The predicted octanol–water partition coefficient (Wildman–Crippen LogP) is 3.06. The van der Waals surface area contributed by atoms with Crippen molar-refractivity contribution < 1.29 is 23.8 Å². The van der Waals surface area contributed by atoms with E-state index in [1.807, 2.05) is 0 Å². The summed E-state index contributed by atoms with van der Waals surface area (Å²) in [6.07, 6.45) is 4.25. The summed E-state index contributed by atoms with van der Waals surface area (Å²) in [5.74, 6) is -1.89. The standard InChI is InChI=1S/C16H20FNO4/c1-22-12-4-2-3-10(7-12)8-15(19)18-14-9-11(16(20)21)5-6-13(14)17/h5-6,9-10,12H,2-4,7-8H2,1H3,(H,18,19)(H,20,21). The van der Waals surface area contributed by atoms with Gasteiger partial charge in [-0.1, -0.05) is 6.42 Å². The number of carbonyl (C=O) groups excluding carboxylic acids is 1. The SMILES string of the molecule is COC1CCCC(CC(=O)Nc2cc(C(=O)O)ccc2F)C1. The highest BCUT2D eigenvalue weighted by atomic mass is 19.1. The van der Waals surface area contributed by atoms with Crippen molar-refractivity contribution in [2.75, 3.05) is 12.4 Å². The molecule has 1 aromatic carbocycles. The highest BCUT2D eigenvalue weighted by Crippen LogP contribution is 2.29. The number of benzene rings is 1. The molecule has 5 nitrogen and oxygen atoms in total. The van der Waals surface area contributed by atoms with Crippen LogP contribution in [0.1, 0.15) is 42.5 Å². The Balaban J connectivity index is 1.97. The minimum absolute atomic E-state index is 0.0613. The number of ether oxygens (including phenoxy) is 1. The van der Waals surface area contributed by atoms with Crippen LogP contribution in [0.5, 0.6) is 0 Å². The molecular weight excluding hydrogens is 289 g/mol. The van der Waals surface area contributed by atoms with Crippen molar-refractivity contribution in [2.45, 2.75) is 38.2 Å². The molecule has 2 atom stereocenters. The van der Waals surface area contributed by atoms with E-state index in [1.165, 1.54) is 0 Å². The smallest absolute Gasteiger partial charge is 0.335 e. The van der Waals surface area contributed by atoms with E-state index >= 15 is 0 Å². The van der Waals surface area contributed by atoms with Crippen LogP contribution in [-0.2, 0) is 9.53 Å². The first-order chi connectivity index (χ1) is 10.5. The average Bonchev–Trinajstić information content (AvgIpc) is 2.49. The zero-order chi connectivity index (χ0) is 16.1. The van der Waals surface area contributed by atoms with Crippen molar-refractivity contribution in [3.63, 3.8) is 0 Å². The van der Waals surface area contributed by atoms with Gasteiger partial charge in [-0.3, -0.25) is 4.79 Å². The number of carbonyl (C=O) groups is 2. The topological polar surface area (TPSA) is 75.6 Å². The molecule has 2 rings (SSSR count). The third kappa shape index (κ3) is 4.27. The molecule has 6 heteroatoms. The predicted molar refractivity (Wildman–Crippen MR) is 79.4 cm³/mol. The largest absolute Gasteiger partial charge is 0.478 e. The van der Waals surface area contributed by atoms with Gasteiger partial charge in [0, 0.05) is 13.5 Å². The molecule has 2 N–H and O–H groups in total. The Bertz CT molecular complexity index is 561. The number of carboxylic acid groups (broad SMARTS) is 1. The van der Waals surface area contributed by atoms with Gasteiger partial charge in [-0.05, 0) is 43.4 Å². The van der Waals surface area contributed by atoms with Gasteiger partial charge in [-0.25, -0.2) is 9.18 Å². The molecule has 1 aliphatic rings. The summed E-state index contributed by atoms with van der Waals surface area (Å²) < 4.78 is 19.0. The van der Waals surface area contributed by atoms with Crippen LogP contribution in [0.3, 0.4) is 0 Å². The van der Waals surface area contributed by atoms with E-state index < -0.39 is 11.8 Å². The first-order valence-corrected chi connectivity index (χ1v) is 7.35. The van der Waals surface area contributed by atoms with Crippen LogP contribution in [0.2, 0.25) is 0 Å². The third-order valence-electron chi connectivity index (χ3n) is 4.03. The Morgan fingerprint density at radius 2 is 2.18 bits per heavy atom. The number of rotatable bonds is 5. The Morgan fingerprint density at radius 3 is 2.86 bits per heavy atom. The molecule has 0 bridgehead atoms. The van der Waals surface area contributed by atoms with Crippen molar-refractivity contribution in [2.24, 2.45) is 5.92 Å². The molecule has 1 aromatic rings. The molecule has 1 amide bonds. The molecule has 120 valence electrons. The summed E-state index contributed by atoms with van der Waals surface area (Å²) in [6, 6.07) is 3.34. The lowest BCUT2D eigenvalue weighted by Crippen LogP contribution is -2.25. The Hall–Kier alpha value is -1.95. The number of halogens is 1. The van der Waals surface area contributed by atoms with Crippen LogP contribution < -0.4 is 5.32 Å². The molecule has 0 spiro atoms. The maximum absolute atomic E-state index is 13.7. The summed E-state index contributed by atoms with van der Waals surface area (Å²) >= 11 is 0. The molecular formula is C16H20FNO4. The second kappa shape index (κ2) is 7.35. The van der Waals surface area contributed by atoms with Crippen molar-refractivity contribution in [3.05, 3.63) is 29.6 Å². The van der Waals surface area contributed by atoms with Gasteiger partial charge >= 0.3 is 5.97 Å². The molecule has 0 aromatic heterocycles. The minimum atomic E-state index is -1.16. The number of aromatic carboxylic acids is 1. The van der Waals surface area contributed by atoms with Crippen molar-refractivity contribution in [3.8, 4) is 0 Å². The highest BCUT2D eigenvalue weighted by Gasteiger charge is 2.24. The van der Waals surface area contributed by atoms with Crippen LogP contribution in [0.25, 0.3) is 0 Å². The van der Waals surface area contributed by atoms with Gasteiger partial charge in [-0.15, -0.1) is 0 Å². The number of methoxy groups -OCH3 is 1. The maximum atomic E-state index is 13.7. The van der Waals surface area contributed by atoms with E-state index in [0.717, 1.165) is 43.9 Å². The first-order valence-electron chi connectivity index (χ1n) is 7.35. The quantitative estimate of drug-likeness (QED) is 0.876. The van der Waals surface area contributed by atoms with Gasteiger partial charge in [0.2, 0.25) is 5.91 Å². The second-order valence-electron chi connectivity index (χ2n) is 5.64. The van der Waals surface area contributed by atoms with E-state index in [1.54, 1.807) is 7.11 Å². The fourth-order valence-electron chi connectivity index (χ4n) is 2.86. The molecule has 0 aliphatic heterocycles. The van der Waals surface area contributed by atoms with E-state index in [2.05, 4.69) is 5.32 Å². The van der Waals surface area contributed by atoms with Crippen LogP contribution in [0.4, 0.5) is 10.1 Å². The molecule has 1 fully saturated rings. The second-order valence-corrected chi connectivity index (χ2v) is 5.64. The summed E-state index contributed by atoms with van der Waals surface area (Å²) in [4.78, 5) is 22.9. The van der Waals surface area contributed by atoms with Crippen LogP contribution in [-0.4, -0.2) is 30.2 Å². The molecule has 0 heterocycles. The van der Waals surface area contributed by atoms with Gasteiger partial charge in [0.25, 0.3) is 0 Å². The van der Waals surface area contributed by atoms with Gasteiger partial charge in [-0.2, -0.15) is 0 Å². The normalized spacial score (nSPS) is 21.4. The number of hydrogen-bond donors (Lipinski definition) is 2. The minimum Gasteiger partial charge on any atom is -0.478 e. The molecule has 0 radical (unpaired) electrons. The summed E-state index contributed by atoms with van der Waals surface area (Å²) in [5.41, 5.74) is -0.155. The van der Waals surface area contributed by atoms with Gasteiger partial charge in [0.05, 0.1) is 17.4 Å². The lowest BCUT2D eigenvalue weighted by atomic mass is 9.85. The highest BCUT2D eigenvalue weighted by molar-refractivity contribution is 5.94. The monoisotopic (exact) mass is 309 g/mol. The lowest BCUT2D eigenvalue weighted by Gasteiger charge is -2.27. The molecule has 22 heavy (non-hydrogen) atoms. The number of nitrogens with one attached hydrogen (secondary N) is 1. The molecule has 0 saturated heterocycles. The van der Waals surface area contributed by atoms with Gasteiger partial charge in [0.1, 0.15) is 5.82 Å². The Morgan fingerprint density at radius 1 is 1.41 bits per heavy atom. The summed E-state index contributed by atoms with van der Waals surface area (Å²) in [6.45, 7) is 0. The number of anilines is 1. The van der Waals surface area contributed by atoms with Crippen molar-refractivity contribution in [1.29, 1.82) is 0 Å². The number of amides is 1. The lowest BCUT2D eigenvalue weighted by molar-refractivity contribution is -0.117. The zero-order valence-corrected chi connectivity index (χ0v) is 12.5. The summed E-state index contributed by atoms with van der Waals surface area (Å²) in [5, 5.41) is 11.4. The number of hydrogen-bond acceptors (Lipinski definition) is 3. The van der Waals surface area contributed by atoms with Crippen LogP contribution in [0.15, 0.2) is 18.2 Å². The Labute approximate surface area is 128 Å². The Kier molecular flexibility index (Phi) is 5.49. The van der Waals surface area contributed by atoms with Gasteiger partial charge < -0.3 is 15.2 Å². The molecule has 2 unspecified atom stereocenters. The fraction of sp³-hybridized carbons (Fsp3) is 0.500. The first kappa shape index (κ1) is 16.4. The van der Waals surface area contributed by atoms with Crippen LogP contribution >= 0.6 is 0 Å². The summed E-state index contributed by atoms with van der Waals surface area (Å²) in [7, 11) is 1.67. The molecule has 1 aliphatic carbocycles. The fourth-order valence-corrected chi connectivity index (χ4v) is 2.86. The van der Waals surface area contributed by atoms with E-state index in [0.29, 0.717) is 0 Å². The van der Waals surface area contributed by atoms with Crippen molar-refractivity contribution in [1.82, 2.24) is 0 Å². The van der Waals surface area contributed by atoms with Crippen molar-refractivity contribution >= 4 is 17.6 Å². The average molecular weight is 309 g/mol. The van der Waals surface area contributed by atoms with E-state index in [-0.39, 0.29) is 35.6 Å². The number of carboxylic acids is 1. The van der Waals surface area contributed by atoms with E-state index in [4.69, 9.17) is 9.84 Å². The zero-order valence-electron chi connectivity index (χ0n) is 12.5. The van der Waals surface area contributed by atoms with E-state index in [9.17, 15) is 14.0 Å². The van der Waals surface area contributed by atoms with Crippen LogP contribution in [0, 0.1) is 11.7 Å². The third-order valence-corrected chi connectivity index (χ3v) is 4.03. The molecule has 1 saturated carbocycles. The maximum Gasteiger partial charge on any atom is 0.335 e.